The van der Waals surface area contributed by atoms with Gasteiger partial charge in [0.15, 0.2) is 0 Å². The molecule has 3 aromatic carbocycles. The maximum absolute atomic E-state index is 13.6. The lowest BCUT2D eigenvalue weighted by Gasteiger charge is -2.14. The van der Waals surface area contributed by atoms with E-state index in [0.717, 1.165) is 34.4 Å². The number of rotatable bonds is 4. The number of halogens is 3. The van der Waals surface area contributed by atoms with E-state index in [-0.39, 0.29) is 24.6 Å². The maximum atomic E-state index is 13.6. The third-order valence-electron chi connectivity index (χ3n) is 5.13. The average molecular weight is 421 g/mol. The molecule has 0 aliphatic heterocycles. The van der Waals surface area contributed by atoms with Crippen LogP contribution < -0.4 is 5.32 Å². The number of carbonyl (C=O) groups excluding carboxylic acids is 1. The summed E-state index contributed by atoms with van der Waals surface area (Å²) >= 11 is 0. The zero-order chi connectivity index (χ0) is 21.8. The van der Waals surface area contributed by atoms with Crippen molar-refractivity contribution in [2.24, 2.45) is 0 Å². The van der Waals surface area contributed by atoms with Gasteiger partial charge in [0.25, 0.3) is 6.43 Å². The van der Waals surface area contributed by atoms with Gasteiger partial charge in [0, 0.05) is 11.5 Å². The summed E-state index contributed by atoms with van der Waals surface area (Å²) in [5.41, 5.74) is 4.10. The molecule has 4 rings (SSSR count). The molecule has 31 heavy (non-hydrogen) atoms. The van der Waals surface area contributed by atoms with Crippen molar-refractivity contribution < 1.29 is 22.7 Å². The molecular weight excluding hydrogens is 403 g/mol. The Morgan fingerprint density at radius 3 is 2.26 bits per heavy atom. The highest BCUT2D eigenvalue weighted by Crippen LogP contribution is 2.44. The Morgan fingerprint density at radius 1 is 1.00 bits per heavy atom. The molecule has 1 amide bonds. The van der Waals surface area contributed by atoms with Crippen LogP contribution in [0.15, 0.2) is 66.7 Å². The first-order chi connectivity index (χ1) is 15.0. The Kier molecular flexibility index (Phi) is 5.94. The second-order valence-corrected chi connectivity index (χ2v) is 7.02. The summed E-state index contributed by atoms with van der Waals surface area (Å²) in [6.07, 6.45) is -3.49. The molecule has 0 saturated heterocycles. The molecule has 0 spiro atoms. The summed E-state index contributed by atoms with van der Waals surface area (Å²) < 4.78 is 44.1. The zero-order valence-corrected chi connectivity index (χ0v) is 16.4. The van der Waals surface area contributed by atoms with Gasteiger partial charge in [-0.2, -0.15) is 0 Å². The van der Waals surface area contributed by atoms with Crippen molar-refractivity contribution in [2.45, 2.75) is 12.3 Å². The molecule has 0 heterocycles. The second kappa shape index (κ2) is 8.97. The van der Waals surface area contributed by atoms with E-state index in [9.17, 15) is 18.0 Å². The van der Waals surface area contributed by atoms with Gasteiger partial charge in [-0.25, -0.2) is 18.0 Å². The fourth-order valence-electron chi connectivity index (χ4n) is 3.69. The van der Waals surface area contributed by atoms with Crippen molar-refractivity contribution >= 4 is 6.09 Å². The zero-order valence-electron chi connectivity index (χ0n) is 16.4. The van der Waals surface area contributed by atoms with Crippen molar-refractivity contribution in [1.82, 2.24) is 5.32 Å². The topological polar surface area (TPSA) is 38.3 Å². The first kappa shape index (κ1) is 20.5. The summed E-state index contributed by atoms with van der Waals surface area (Å²) in [5.74, 6) is 4.23. The van der Waals surface area contributed by atoms with E-state index >= 15 is 0 Å². The van der Waals surface area contributed by atoms with E-state index in [0.29, 0.717) is 0 Å². The molecule has 1 aliphatic rings. The minimum absolute atomic E-state index is 0.0190. The number of alkyl carbamates (subject to hydrolysis) is 1. The number of amides is 1. The Bertz CT molecular complexity index is 1140. The van der Waals surface area contributed by atoms with Crippen LogP contribution in [0, 0.1) is 17.7 Å². The maximum Gasteiger partial charge on any atom is 0.407 e. The van der Waals surface area contributed by atoms with Gasteiger partial charge < -0.3 is 10.1 Å². The van der Waals surface area contributed by atoms with Crippen LogP contribution in [0.3, 0.4) is 0 Å². The quantitative estimate of drug-likeness (QED) is 0.553. The van der Waals surface area contributed by atoms with E-state index in [1.165, 1.54) is 6.07 Å². The Morgan fingerprint density at radius 2 is 1.65 bits per heavy atom. The van der Waals surface area contributed by atoms with Crippen LogP contribution in [-0.4, -0.2) is 19.2 Å². The summed E-state index contributed by atoms with van der Waals surface area (Å²) in [7, 11) is 0. The number of alkyl halides is 2. The Balaban J connectivity index is 1.33. The minimum atomic E-state index is -2.88. The number of hydrogen-bond acceptors (Lipinski definition) is 2. The fourth-order valence-corrected chi connectivity index (χ4v) is 3.69. The molecule has 3 aromatic rings. The summed E-state index contributed by atoms with van der Waals surface area (Å²) in [6.45, 7) is 0.169. The van der Waals surface area contributed by atoms with Gasteiger partial charge in [0.2, 0.25) is 0 Å². The van der Waals surface area contributed by atoms with Crippen molar-refractivity contribution in [3.8, 4) is 23.0 Å². The van der Waals surface area contributed by atoms with Crippen molar-refractivity contribution in [3.63, 3.8) is 0 Å². The van der Waals surface area contributed by atoms with Crippen molar-refractivity contribution in [2.75, 3.05) is 13.2 Å². The molecule has 0 saturated carbocycles. The third-order valence-corrected chi connectivity index (χ3v) is 5.13. The van der Waals surface area contributed by atoms with E-state index in [1.54, 1.807) is 0 Å². The second-order valence-electron chi connectivity index (χ2n) is 7.02. The standard InChI is InChI=1S/C25H18F3NO2/c26-23-14-16(11-12-21(23)24(27)28)6-5-13-29-25(30)31-15-22-19-9-3-1-7-17(19)18-8-2-4-10-20(18)22/h1-4,7-12,14,22,24H,13,15H2,(H,29,30). The lowest BCUT2D eigenvalue weighted by atomic mass is 9.98. The van der Waals surface area contributed by atoms with Crippen molar-refractivity contribution in [3.05, 3.63) is 94.8 Å². The monoisotopic (exact) mass is 421 g/mol. The van der Waals surface area contributed by atoms with E-state index in [1.807, 2.05) is 36.4 Å². The van der Waals surface area contributed by atoms with Gasteiger partial charge in [-0.05, 0) is 40.5 Å². The van der Waals surface area contributed by atoms with Crippen LogP contribution in [0.25, 0.3) is 11.1 Å². The number of benzene rings is 3. The van der Waals surface area contributed by atoms with E-state index in [2.05, 4.69) is 29.3 Å². The first-order valence-corrected chi connectivity index (χ1v) is 9.70. The highest BCUT2D eigenvalue weighted by molar-refractivity contribution is 5.79. The fraction of sp³-hybridized carbons (Fsp3) is 0.160. The van der Waals surface area contributed by atoms with E-state index < -0.39 is 23.9 Å². The number of hydrogen-bond donors (Lipinski definition) is 1. The lowest BCUT2D eigenvalue weighted by Crippen LogP contribution is -2.26. The molecular formula is C25H18F3NO2. The third kappa shape index (κ3) is 4.41. The van der Waals surface area contributed by atoms with Crippen LogP contribution in [-0.2, 0) is 4.74 Å². The van der Waals surface area contributed by atoms with Crippen LogP contribution in [0.2, 0.25) is 0 Å². The number of carbonyl (C=O) groups is 1. The summed E-state index contributed by atoms with van der Waals surface area (Å²) in [6, 6.07) is 19.3. The highest BCUT2D eigenvalue weighted by atomic mass is 19.3. The molecule has 0 atom stereocenters. The molecule has 0 fully saturated rings. The predicted octanol–water partition coefficient (Wildman–Crippen LogP) is 5.65. The van der Waals surface area contributed by atoms with Crippen LogP contribution in [0.5, 0.6) is 0 Å². The summed E-state index contributed by atoms with van der Waals surface area (Å²) in [4.78, 5) is 12.1. The van der Waals surface area contributed by atoms with Gasteiger partial charge in [-0.15, -0.1) is 0 Å². The smallest absolute Gasteiger partial charge is 0.407 e. The molecule has 0 bridgehead atoms. The van der Waals surface area contributed by atoms with Crippen LogP contribution in [0.4, 0.5) is 18.0 Å². The molecule has 1 aliphatic carbocycles. The van der Waals surface area contributed by atoms with Gasteiger partial charge in [0.05, 0.1) is 12.1 Å². The molecule has 1 N–H and O–H groups in total. The minimum Gasteiger partial charge on any atom is -0.449 e. The number of nitrogens with one attached hydrogen (secondary N) is 1. The van der Waals surface area contributed by atoms with Crippen LogP contribution >= 0.6 is 0 Å². The van der Waals surface area contributed by atoms with Crippen molar-refractivity contribution in [1.29, 1.82) is 0 Å². The molecule has 6 heteroatoms. The molecule has 3 nitrogen and oxygen atoms in total. The van der Waals surface area contributed by atoms with Gasteiger partial charge in [-0.1, -0.05) is 60.4 Å². The van der Waals surface area contributed by atoms with Gasteiger partial charge in [-0.3, -0.25) is 0 Å². The number of fused-ring (bicyclic) bond motifs is 3. The molecule has 0 radical (unpaired) electrons. The highest BCUT2D eigenvalue weighted by Gasteiger charge is 2.28. The summed E-state index contributed by atoms with van der Waals surface area (Å²) in [5, 5.41) is 2.52. The lowest BCUT2D eigenvalue weighted by molar-refractivity contribution is 0.144. The van der Waals surface area contributed by atoms with Gasteiger partial charge >= 0.3 is 6.09 Å². The normalized spacial score (nSPS) is 12.0. The largest absolute Gasteiger partial charge is 0.449 e. The molecule has 0 aromatic heterocycles. The molecule has 0 unspecified atom stereocenters. The van der Waals surface area contributed by atoms with Gasteiger partial charge in [0.1, 0.15) is 12.4 Å². The van der Waals surface area contributed by atoms with E-state index in [4.69, 9.17) is 4.74 Å². The first-order valence-electron chi connectivity index (χ1n) is 9.70. The Labute approximate surface area is 177 Å². The predicted molar refractivity (Wildman–Crippen MR) is 111 cm³/mol. The Hall–Kier alpha value is -3.72. The van der Waals surface area contributed by atoms with Crippen LogP contribution in [0.1, 0.15) is 34.6 Å². The molecule has 156 valence electrons. The SMILES string of the molecule is O=C(NCC#Cc1ccc(C(F)F)c(F)c1)OCC1c2ccccc2-c2ccccc21. The number of ether oxygens (including phenoxy) is 1. The average Bonchev–Trinajstić information content (AvgIpc) is 3.09.